The Morgan fingerprint density at radius 3 is 1.68 bits per heavy atom. The highest BCUT2D eigenvalue weighted by atomic mass is 15.0. The minimum atomic E-state index is -0.112. The summed E-state index contributed by atoms with van der Waals surface area (Å²) in [5.74, 6) is 0. The maximum atomic E-state index is 5.41. The summed E-state index contributed by atoms with van der Waals surface area (Å²) in [4.78, 5) is 5.41. The number of aliphatic imine (C=N–C) groups is 1. The average Bonchev–Trinajstić information content (AvgIpc) is 3.82. The Labute approximate surface area is 345 Å². The van der Waals surface area contributed by atoms with Gasteiger partial charge in [-0.15, -0.1) is 0 Å². The van der Waals surface area contributed by atoms with Crippen molar-refractivity contribution in [1.29, 1.82) is 0 Å². The molecule has 1 atom stereocenters. The van der Waals surface area contributed by atoms with Gasteiger partial charge in [-0.1, -0.05) is 152 Å². The topological polar surface area (TPSA) is 34.2 Å². The smallest absolute Gasteiger partial charge is 0.0947 e. The number of fused-ring (bicyclic) bond motifs is 12. The molecule has 2 aromatic heterocycles. The lowest BCUT2D eigenvalue weighted by atomic mass is 9.90. The van der Waals surface area contributed by atoms with Gasteiger partial charge in [0.25, 0.3) is 0 Å². The molecule has 280 valence electrons. The molecule has 1 aliphatic rings. The van der Waals surface area contributed by atoms with Crippen LogP contribution in [0.25, 0.3) is 87.3 Å². The van der Waals surface area contributed by atoms with Gasteiger partial charge in [0.2, 0.25) is 0 Å². The fourth-order valence-corrected chi connectivity index (χ4v) is 10.1. The van der Waals surface area contributed by atoms with E-state index in [4.69, 9.17) is 4.99 Å². The number of rotatable bonds is 4. The molecule has 0 saturated heterocycles. The second-order valence-corrected chi connectivity index (χ2v) is 15.9. The van der Waals surface area contributed by atoms with Crippen LogP contribution in [0.2, 0.25) is 0 Å². The van der Waals surface area contributed by atoms with Crippen LogP contribution in [0, 0.1) is 0 Å². The van der Waals surface area contributed by atoms with Crippen molar-refractivity contribution in [2.45, 2.75) is 6.04 Å². The minimum absolute atomic E-state index is 0.112. The first-order chi connectivity index (χ1) is 29.8. The number of para-hydroxylation sites is 3. The van der Waals surface area contributed by atoms with Gasteiger partial charge in [0.05, 0.1) is 50.9 Å². The third kappa shape index (κ3) is 4.76. The van der Waals surface area contributed by atoms with E-state index in [0.29, 0.717) is 0 Å². The zero-order valence-electron chi connectivity index (χ0n) is 32.5. The van der Waals surface area contributed by atoms with Crippen LogP contribution in [0.15, 0.2) is 211 Å². The Balaban J connectivity index is 1.15. The lowest BCUT2D eigenvalue weighted by Gasteiger charge is -2.29. The first-order valence-corrected chi connectivity index (χ1v) is 20.7. The lowest BCUT2D eigenvalue weighted by molar-refractivity contribution is 1.02. The van der Waals surface area contributed by atoms with Crippen LogP contribution < -0.4 is 5.32 Å². The van der Waals surface area contributed by atoms with Crippen molar-refractivity contribution in [1.82, 2.24) is 9.13 Å². The first kappa shape index (κ1) is 33.1. The molecule has 3 heterocycles. The molecule has 0 spiro atoms. The maximum absolute atomic E-state index is 5.41. The lowest BCUT2D eigenvalue weighted by Crippen LogP contribution is -2.25. The molecular formula is C56H36N4. The van der Waals surface area contributed by atoms with E-state index in [9.17, 15) is 0 Å². The highest BCUT2D eigenvalue weighted by molar-refractivity contribution is 6.29. The van der Waals surface area contributed by atoms with E-state index < -0.39 is 0 Å². The Bertz CT molecular complexity index is 3740. The van der Waals surface area contributed by atoms with Crippen LogP contribution in [0.3, 0.4) is 0 Å². The molecule has 0 fully saturated rings. The molecule has 1 unspecified atom stereocenters. The van der Waals surface area contributed by atoms with Crippen LogP contribution in [-0.4, -0.2) is 14.8 Å². The summed E-state index contributed by atoms with van der Waals surface area (Å²) in [7, 11) is 0. The monoisotopic (exact) mass is 764 g/mol. The molecule has 1 aliphatic heterocycles. The zero-order chi connectivity index (χ0) is 39.3. The minimum Gasteiger partial charge on any atom is -0.371 e. The summed E-state index contributed by atoms with van der Waals surface area (Å²) in [6.45, 7) is 0. The van der Waals surface area contributed by atoms with Gasteiger partial charge in [0.15, 0.2) is 0 Å². The fraction of sp³-hybridized carbons (Fsp3) is 0.0179. The second kappa shape index (κ2) is 12.8. The summed E-state index contributed by atoms with van der Waals surface area (Å²) >= 11 is 0. The molecule has 0 bridgehead atoms. The third-order valence-electron chi connectivity index (χ3n) is 12.7. The molecule has 12 aromatic rings. The van der Waals surface area contributed by atoms with Gasteiger partial charge in [-0.05, 0) is 87.1 Å². The predicted octanol–water partition coefficient (Wildman–Crippen LogP) is 14.6. The summed E-state index contributed by atoms with van der Waals surface area (Å²) in [5, 5.41) is 16.2. The normalized spacial score (nSPS) is 14.1. The SMILES string of the molecule is c1ccc(C2Nc3ccccc3N=C2c2ccc(-n3c4cc5c(cc4c4c6ccccc6ccc43)c3c4ccccc4ccc3n5-c3ccccc3)c3ccccc23)cc1. The van der Waals surface area contributed by atoms with Crippen molar-refractivity contribution in [3.05, 3.63) is 217 Å². The van der Waals surface area contributed by atoms with Crippen molar-refractivity contribution in [2.75, 3.05) is 5.32 Å². The quantitative estimate of drug-likeness (QED) is 0.190. The van der Waals surface area contributed by atoms with Crippen molar-refractivity contribution < 1.29 is 0 Å². The standard InChI is InChI=1S/C56H36N4/c1-3-17-37(18-4-1)55-56(58-47-26-14-13-25-46(47)57-55)43-29-32-48(42-24-12-11-23-41(42)43)60-50-31-28-36-16-8-10-22-40(36)54(50)45-33-44-51(34-52(45)60)59(38-19-5-2-6-20-38)49-30-27-35-15-7-9-21-39(35)53(44)49/h1-34,55,57H. The summed E-state index contributed by atoms with van der Waals surface area (Å²) in [6.07, 6.45) is 0. The van der Waals surface area contributed by atoms with Gasteiger partial charge in [-0.2, -0.15) is 0 Å². The molecule has 60 heavy (non-hydrogen) atoms. The third-order valence-corrected chi connectivity index (χ3v) is 12.7. The van der Waals surface area contributed by atoms with Crippen molar-refractivity contribution >= 4 is 93.0 Å². The highest BCUT2D eigenvalue weighted by Gasteiger charge is 2.28. The van der Waals surface area contributed by atoms with Gasteiger partial charge in [0.1, 0.15) is 0 Å². The van der Waals surface area contributed by atoms with E-state index >= 15 is 0 Å². The molecule has 13 rings (SSSR count). The zero-order valence-corrected chi connectivity index (χ0v) is 32.5. The van der Waals surface area contributed by atoms with Gasteiger partial charge in [-0.3, -0.25) is 0 Å². The number of hydrogen-bond acceptors (Lipinski definition) is 2. The second-order valence-electron chi connectivity index (χ2n) is 15.9. The number of aromatic nitrogens is 2. The van der Waals surface area contributed by atoms with E-state index in [0.717, 1.165) is 39.4 Å². The van der Waals surface area contributed by atoms with Crippen molar-refractivity contribution in [2.24, 2.45) is 4.99 Å². The molecule has 10 aromatic carbocycles. The van der Waals surface area contributed by atoms with E-state index in [2.05, 4.69) is 221 Å². The fourth-order valence-electron chi connectivity index (χ4n) is 10.1. The predicted molar refractivity (Wildman–Crippen MR) is 253 cm³/mol. The van der Waals surface area contributed by atoms with Crippen LogP contribution in [0.1, 0.15) is 17.2 Å². The first-order valence-electron chi connectivity index (χ1n) is 20.7. The van der Waals surface area contributed by atoms with Crippen LogP contribution in [-0.2, 0) is 0 Å². The number of hydrogen-bond donors (Lipinski definition) is 1. The Morgan fingerprint density at radius 1 is 0.400 bits per heavy atom. The Hall–Kier alpha value is -7.95. The van der Waals surface area contributed by atoms with E-state index in [-0.39, 0.29) is 6.04 Å². The molecule has 0 amide bonds. The largest absolute Gasteiger partial charge is 0.371 e. The molecule has 0 saturated carbocycles. The van der Waals surface area contributed by atoms with Gasteiger partial charge in [-0.25, -0.2) is 4.99 Å². The number of anilines is 1. The van der Waals surface area contributed by atoms with Gasteiger partial charge >= 0.3 is 0 Å². The summed E-state index contributed by atoms with van der Waals surface area (Å²) < 4.78 is 4.96. The van der Waals surface area contributed by atoms with E-state index in [1.165, 1.54) is 76.1 Å². The van der Waals surface area contributed by atoms with Gasteiger partial charge < -0.3 is 14.5 Å². The number of nitrogens with one attached hydrogen (secondary N) is 1. The molecule has 0 radical (unpaired) electrons. The summed E-state index contributed by atoms with van der Waals surface area (Å²) in [5.41, 5.74) is 12.3. The number of benzene rings is 10. The summed E-state index contributed by atoms with van der Waals surface area (Å²) in [6, 6.07) is 74.9. The van der Waals surface area contributed by atoms with Crippen molar-refractivity contribution in [3.8, 4) is 11.4 Å². The molecule has 4 heteroatoms. The molecular weight excluding hydrogens is 729 g/mol. The molecule has 4 nitrogen and oxygen atoms in total. The molecule has 0 aliphatic carbocycles. The highest BCUT2D eigenvalue weighted by Crippen LogP contribution is 2.45. The Morgan fingerprint density at radius 2 is 0.967 bits per heavy atom. The number of nitrogens with zero attached hydrogens (tertiary/aromatic N) is 3. The Kier molecular flexibility index (Phi) is 7.04. The average molecular weight is 765 g/mol. The van der Waals surface area contributed by atoms with Crippen LogP contribution in [0.4, 0.5) is 11.4 Å². The van der Waals surface area contributed by atoms with E-state index in [1.807, 2.05) is 0 Å². The maximum Gasteiger partial charge on any atom is 0.0947 e. The van der Waals surface area contributed by atoms with E-state index in [1.54, 1.807) is 0 Å². The van der Waals surface area contributed by atoms with Gasteiger partial charge in [0, 0.05) is 38.2 Å². The van der Waals surface area contributed by atoms with Crippen LogP contribution >= 0.6 is 0 Å². The van der Waals surface area contributed by atoms with Crippen molar-refractivity contribution in [3.63, 3.8) is 0 Å². The molecule has 1 N–H and O–H groups in total. The van der Waals surface area contributed by atoms with Crippen LogP contribution in [0.5, 0.6) is 0 Å².